The molecule has 102 valence electrons. The Kier molecular flexibility index (Phi) is 5.33. The normalized spacial score (nSPS) is 12.7. The molecule has 6 heteroatoms. The number of rotatable bonds is 6. The first-order chi connectivity index (χ1) is 8.34. The second-order valence-electron chi connectivity index (χ2n) is 4.19. The van der Waals surface area contributed by atoms with E-state index >= 15 is 0 Å². The summed E-state index contributed by atoms with van der Waals surface area (Å²) in [5.74, 6) is 0. The fourth-order valence-electron chi connectivity index (χ4n) is 1.47. The first-order valence-electron chi connectivity index (χ1n) is 5.81. The van der Waals surface area contributed by atoms with Crippen molar-refractivity contribution in [3.05, 3.63) is 28.7 Å². The standard InChI is InChI=1S/C12H18BrNO3S/c1-3-12(15,4-2)9-14-18(16,17)11-8-6-5-7-10(11)13/h5-8,14-15H,3-4,9H2,1-2H3. The number of sulfonamides is 1. The third-order valence-corrected chi connectivity index (χ3v) is 5.45. The molecule has 18 heavy (non-hydrogen) atoms. The molecule has 0 aliphatic heterocycles. The SMILES string of the molecule is CCC(O)(CC)CNS(=O)(=O)c1ccccc1Br. The molecule has 0 aromatic heterocycles. The van der Waals surface area contributed by atoms with Crippen molar-refractivity contribution in [1.82, 2.24) is 4.72 Å². The first-order valence-corrected chi connectivity index (χ1v) is 8.09. The predicted octanol–water partition coefficient (Wildman–Crippen LogP) is 2.28. The summed E-state index contributed by atoms with van der Waals surface area (Å²) in [6.45, 7) is 3.68. The van der Waals surface area contributed by atoms with Crippen molar-refractivity contribution < 1.29 is 13.5 Å². The van der Waals surface area contributed by atoms with Gasteiger partial charge >= 0.3 is 0 Å². The molecule has 0 unspecified atom stereocenters. The Balaban J connectivity index is 2.88. The largest absolute Gasteiger partial charge is 0.389 e. The van der Waals surface area contributed by atoms with Crippen LogP contribution in [0.5, 0.6) is 0 Å². The predicted molar refractivity (Wildman–Crippen MR) is 74.9 cm³/mol. The van der Waals surface area contributed by atoms with Crippen LogP contribution in [0.3, 0.4) is 0 Å². The van der Waals surface area contributed by atoms with Gasteiger partial charge in [0.1, 0.15) is 0 Å². The molecule has 0 bridgehead atoms. The van der Waals surface area contributed by atoms with Gasteiger partial charge in [-0.05, 0) is 40.9 Å². The Hall–Kier alpha value is -0.430. The summed E-state index contributed by atoms with van der Waals surface area (Å²) < 4.78 is 27.1. The number of hydrogen-bond acceptors (Lipinski definition) is 3. The average Bonchev–Trinajstić information content (AvgIpc) is 2.36. The molecule has 0 atom stereocenters. The van der Waals surface area contributed by atoms with E-state index in [9.17, 15) is 13.5 Å². The summed E-state index contributed by atoms with van der Waals surface area (Å²) >= 11 is 3.21. The van der Waals surface area contributed by atoms with Gasteiger partial charge in [-0.3, -0.25) is 0 Å². The van der Waals surface area contributed by atoms with Crippen LogP contribution in [-0.4, -0.2) is 25.7 Å². The smallest absolute Gasteiger partial charge is 0.241 e. The van der Waals surface area contributed by atoms with Crippen LogP contribution in [-0.2, 0) is 10.0 Å². The van der Waals surface area contributed by atoms with Gasteiger partial charge in [-0.1, -0.05) is 26.0 Å². The number of nitrogens with one attached hydrogen (secondary N) is 1. The zero-order chi connectivity index (χ0) is 13.8. The van der Waals surface area contributed by atoms with Gasteiger partial charge in [-0.2, -0.15) is 0 Å². The minimum Gasteiger partial charge on any atom is -0.389 e. The number of aliphatic hydroxyl groups is 1. The molecule has 1 aromatic rings. The minimum absolute atomic E-state index is 0.0175. The van der Waals surface area contributed by atoms with E-state index in [2.05, 4.69) is 20.7 Å². The lowest BCUT2D eigenvalue weighted by Gasteiger charge is -2.25. The molecule has 0 radical (unpaired) electrons. The van der Waals surface area contributed by atoms with Crippen molar-refractivity contribution in [3.8, 4) is 0 Å². The van der Waals surface area contributed by atoms with Gasteiger partial charge in [0.25, 0.3) is 0 Å². The molecule has 0 saturated carbocycles. The van der Waals surface area contributed by atoms with Crippen LogP contribution in [0, 0.1) is 0 Å². The van der Waals surface area contributed by atoms with Crippen LogP contribution in [0.1, 0.15) is 26.7 Å². The van der Waals surface area contributed by atoms with Crippen LogP contribution in [0.4, 0.5) is 0 Å². The molecule has 0 fully saturated rings. The topological polar surface area (TPSA) is 66.4 Å². The van der Waals surface area contributed by atoms with Gasteiger partial charge in [0.2, 0.25) is 10.0 Å². The lowest BCUT2D eigenvalue weighted by atomic mass is 9.98. The highest BCUT2D eigenvalue weighted by Gasteiger charge is 2.26. The van der Waals surface area contributed by atoms with E-state index < -0.39 is 15.6 Å². The van der Waals surface area contributed by atoms with Crippen LogP contribution in [0.2, 0.25) is 0 Å². The van der Waals surface area contributed by atoms with E-state index in [1.54, 1.807) is 18.2 Å². The quantitative estimate of drug-likeness (QED) is 0.838. The Morgan fingerprint density at radius 3 is 2.33 bits per heavy atom. The zero-order valence-electron chi connectivity index (χ0n) is 10.5. The molecule has 2 N–H and O–H groups in total. The Morgan fingerprint density at radius 2 is 1.83 bits per heavy atom. The summed E-state index contributed by atoms with van der Waals surface area (Å²) in [6.07, 6.45) is 1.00. The van der Waals surface area contributed by atoms with Crippen molar-refractivity contribution >= 4 is 26.0 Å². The zero-order valence-corrected chi connectivity index (χ0v) is 12.9. The van der Waals surface area contributed by atoms with E-state index in [1.165, 1.54) is 6.07 Å². The highest BCUT2D eigenvalue weighted by atomic mass is 79.9. The van der Waals surface area contributed by atoms with Crippen molar-refractivity contribution in [1.29, 1.82) is 0 Å². The number of benzene rings is 1. The van der Waals surface area contributed by atoms with Crippen LogP contribution < -0.4 is 4.72 Å². The van der Waals surface area contributed by atoms with Crippen LogP contribution in [0.15, 0.2) is 33.6 Å². The minimum atomic E-state index is -3.60. The van der Waals surface area contributed by atoms with E-state index in [4.69, 9.17) is 0 Å². The fourth-order valence-corrected chi connectivity index (χ4v) is 3.59. The van der Waals surface area contributed by atoms with Crippen LogP contribution >= 0.6 is 15.9 Å². The monoisotopic (exact) mass is 335 g/mol. The maximum Gasteiger partial charge on any atom is 0.241 e. The lowest BCUT2D eigenvalue weighted by Crippen LogP contribution is -2.42. The van der Waals surface area contributed by atoms with Gasteiger partial charge < -0.3 is 5.11 Å². The van der Waals surface area contributed by atoms with Crippen molar-refractivity contribution in [2.24, 2.45) is 0 Å². The summed E-state index contributed by atoms with van der Waals surface area (Å²) in [6, 6.07) is 6.59. The van der Waals surface area contributed by atoms with Crippen molar-refractivity contribution in [2.45, 2.75) is 37.2 Å². The number of halogens is 1. The van der Waals surface area contributed by atoms with Crippen molar-refractivity contribution in [2.75, 3.05) is 6.54 Å². The third kappa shape index (κ3) is 3.78. The molecule has 0 aliphatic rings. The Morgan fingerprint density at radius 1 is 1.28 bits per heavy atom. The summed E-state index contributed by atoms with van der Waals surface area (Å²) in [4.78, 5) is 0.180. The van der Waals surface area contributed by atoms with Gasteiger partial charge in [0.05, 0.1) is 10.5 Å². The van der Waals surface area contributed by atoms with Gasteiger partial charge in [-0.25, -0.2) is 13.1 Å². The molecule has 1 rings (SSSR count). The molecule has 0 heterocycles. The summed E-state index contributed by atoms with van der Waals surface area (Å²) in [5, 5.41) is 10.1. The third-order valence-electron chi connectivity index (χ3n) is 3.03. The molecule has 0 aliphatic carbocycles. The summed E-state index contributed by atoms with van der Waals surface area (Å²) in [7, 11) is -3.60. The lowest BCUT2D eigenvalue weighted by molar-refractivity contribution is 0.0377. The fraction of sp³-hybridized carbons (Fsp3) is 0.500. The highest BCUT2D eigenvalue weighted by Crippen LogP contribution is 2.22. The molecule has 4 nitrogen and oxygen atoms in total. The number of hydrogen-bond donors (Lipinski definition) is 2. The Labute approximate surface area is 117 Å². The van der Waals surface area contributed by atoms with E-state index in [0.29, 0.717) is 17.3 Å². The molecule has 1 aromatic carbocycles. The Bertz CT molecular complexity index is 498. The van der Waals surface area contributed by atoms with E-state index in [0.717, 1.165) is 0 Å². The molecule has 0 spiro atoms. The van der Waals surface area contributed by atoms with Crippen molar-refractivity contribution in [3.63, 3.8) is 0 Å². The first kappa shape index (κ1) is 15.6. The summed E-state index contributed by atoms with van der Waals surface area (Å²) in [5.41, 5.74) is -0.992. The maximum absolute atomic E-state index is 12.1. The van der Waals surface area contributed by atoms with E-state index in [-0.39, 0.29) is 11.4 Å². The van der Waals surface area contributed by atoms with Gasteiger partial charge in [-0.15, -0.1) is 0 Å². The average molecular weight is 336 g/mol. The van der Waals surface area contributed by atoms with Crippen LogP contribution in [0.25, 0.3) is 0 Å². The highest BCUT2D eigenvalue weighted by molar-refractivity contribution is 9.10. The van der Waals surface area contributed by atoms with Gasteiger partial charge in [0, 0.05) is 11.0 Å². The molecule has 0 amide bonds. The molecule has 0 saturated heterocycles. The molecular weight excluding hydrogens is 318 g/mol. The van der Waals surface area contributed by atoms with Gasteiger partial charge in [0.15, 0.2) is 0 Å². The second-order valence-corrected chi connectivity index (χ2v) is 6.78. The maximum atomic E-state index is 12.1. The van der Waals surface area contributed by atoms with E-state index in [1.807, 2.05) is 13.8 Å². The second kappa shape index (κ2) is 6.14. The molecular formula is C12H18BrNO3S.